The number of carboxylic acids is 1. The Hall–Kier alpha value is -1.12. The molecule has 5 N–H and O–H groups in total. The van der Waals surface area contributed by atoms with Crippen molar-refractivity contribution < 1.29 is 9.90 Å². The minimum Gasteiger partial charge on any atom is -0.480 e. The zero-order valence-corrected chi connectivity index (χ0v) is 6.79. The van der Waals surface area contributed by atoms with E-state index in [1.807, 2.05) is 0 Å². The Morgan fingerprint density at radius 1 is 1.67 bits per heavy atom. The Morgan fingerprint density at radius 2 is 2.25 bits per heavy atom. The van der Waals surface area contributed by atoms with Crippen LogP contribution >= 0.6 is 0 Å². The molecule has 0 aromatic rings. The number of nitrogens with two attached hydrogens (primary N) is 2. The molecule has 0 aliphatic rings. The van der Waals surface area contributed by atoms with Crippen molar-refractivity contribution in [1.29, 1.82) is 5.26 Å². The van der Waals surface area contributed by atoms with E-state index in [9.17, 15) is 4.79 Å². The summed E-state index contributed by atoms with van der Waals surface area (Å²) in [5.74, 6) is -1.14. The summed E-state index contributed by atoms with van der Waals surface area (Å²) in [4.78, 5) is 10.6. The van der Waals surface area contributed by atoms with E-state index in [0.29, 0.717) is 13.0 Å². The van der Waals surface area contributed by atoms with Crippen molar-refractivity contribution in [2.24, 2.45) is 11.5 Å². The summed E-state index contributed by atoms with van der Waals surface area (Å²) in [6.45, 7) is 0.387. The highest BCUT2D eigenvalue weighted by Crippen LogP contribution is 2.13. The van der Waals surface area contributed by atoms with Crippen LogP contribution in [0.3, 0.4) is 0 Å². The first-order valence-corrected chi connectivity index (χ1v) is 3.66. The standard InChI is InChI=1S/C7H13N3O2/c8-4-1-2-7(10,3-5-9)6(11)12/h1-4,8,10H2,(H,11,12)/t7-/m0/s1. The van der Waals surface area contributed by atoms with Crippen molar-refractivity contribution in [3.8, 4) is 6.07 Å². The molecular weight excluding hydrogens is 158 g/mol. The van der Waals surface area contributed by atoms with Crippen LogP contribution in [0.15, 0.2) is 0 Å². The predicted molar refractivity (Wildman–Crippen MR) is 43.1 cm³/mol. The quantitative estimate of drug-likeness (QED) is 0.512. The average Bonchev–Trinajstić information content (AvgIpc) is 2.01. The Morgan fingerprint density at radius 3 is 2.58 bits per heavy atom. The van der Waals surface area contributed by atoms with Gasteiger partial charge in [-0.1, -0.05) is 0 Å². The van der Waals surface area contributed by atoms with E-state index in [4.69, 9.17) is 21.8 Å². The molecule has 0 aliphatic carbocycles. The lowest BCUT2D eigenvalue weighted by atomic mass is 9.92. The Labute approximate surface area is 71.0 Å². The Bertz CT molecular complexity index is 199. The van der Waals surface area contributed by atoms with Crippen LogP contribution in [0.4, 0.5) is 0 Å². The third-order valence-electron chi connectivity index (χ3n) is 1.65. The first-order chi connectivity index (χ1) is 5.56. The fourth-order valence-electron chi connectivity index (χ4n) is 0.830. The van der Waals surface area contributed by atoms with Gasteiger partial charge < -0.3 is 16.6 Å². The van der Waals surface area contributed by atoms with Crippen LogP contribution in [0.25, 0.3) is 0 Å². The maximum Gasteiger partial charge on any atom is 0.324 e. The Balaban J connectivity index is 4.20. The van der Waals surface area contributed by atoms with Crippen LogP contribution in [0.1, 0.15) is 19.3 Å². The number of hydrogen-bond acceptors (Lipinski definition) is 4. The van der Waals surface area contributed by atoms with Gasteiger partial charge in [-0.2, -0.15) is 5.26 Å². The van der Waals surface area contributed by atoms with Crippen molar-refractivity contribution in [2.45, 2.75) is 24.8 Å². The van der Waals surface area contributed by atoms with Crippen LogP contribution in [0.5, 0.6) is 0 Å². The van der Waals surface area contributed by atoms with E-state index in [-0.39, 0.29) is 12.8 Å². The van der Waals surface area contributed by atoms with E-state index in [0.717, 1.165) is 0 Å². The van der Waals surface area contributed by atoms with Gasteiger partial charge in [-0.15, -0.1) is 0 Å². The number of nitrogens with zero attached hydrogens (tertiary/aromatic N) is 1. The second kappa shape index (κ2) is 4.70. The maximum absolute atomic E-state index is 10.6. The molecule has 0 rings (SSSR count). The first kappa shape index (κ1) is 10.9. The van der Waals surface area contributed by atoms with Gasteiger partial charge in [0.2, 0.25) is 0 Å². The third kappa shape index (κ3) is 2.86. The minimum absolute atomic E-state index is 0.178. The van der Waals surface area contributed by atoms with Gasteiger partial charge >= 0.3 is 5.97 Å². The smallest absolute Gasteiger partial charge is 0.324 e. The van der Waals surface area contributed by atoms with Gasteiger partial charge in [0, 0.05) is 0 Å². The third-order valence-corrected chi connectivity index (χ3v) is 1.65. The minimum atomic E-state index is -1.42. The second-order valence-corrected chi connectivity index (χ2v) is 2.69. The van der Waals surface area contributed by atoms with Gasteiger partial charge in [0.05, 0.1) is 12.5 Å². The summed E-state index contributed by atoms with van der Waals surface area (Å²) in [5.41, 5.74) is 9.24. The van der Waals surface area contributed by atoms with E-state index in [2.05, 4.69) is 0 Å². The maximum atomic E-state index is 10.6. The highest BCUT2D eigenvalue weighted by molar-refractivity contribution is 5.78. The lowest BCUT2D eigenvalue weighted by Crippen LogP contribution is -2.47. The number of hydrogen-bond donors (Lipinski definition) is 3. The van der Waals surface area contributed by atoms with Crippen LogP contribution in [0, 0.1) is 11.3 Å². The molecule has 68 valence electrons. The molecule has 0 aromatic heterocycles. The molecule has 0 bridgehead atoms. The van der Waals surface area contributed by atoms with Gasteiger partial charge in [0.15, 0.2) is 0 Å². The van der Waals surface area contributed by atoms with Crippen molar-refractivity contribution in [1.82, 2.24) is 0 Å². The molecule has 12 heavy (non-hydrogen) atoms. The lowest BCUT2D eigenvalue weighted by Gasteiger charge is -2.20. The van der Waals surface area contributed by atoms with E-state index < -0.39 is 11.5 Å². The van der Waals surface area contributed by atoms with Gasteiger partial charge in [0.1, 0.15) is 5.54 Å². The lowest BCUT2D eigenvalue weighted by molar-refractivity contribution is -0.143. The van der Waals surface area contributed by atoms with Gasteiger partial charge in [-0.05, 0) is 19.4 Å². The molecule has 0 saturated heterocycles. The number of carboxylic acid groups (broad SMARTS) is 1. The molecule has 5 nitrogen and oxygen atoms in total. The molecule has 0 fully saturated rings. The fraction of sp³-hybridized carbons (Fsp3) is 0.714. The van der Waals surface area contributed by atoms with Crippen LogP contribution in [-0.4, -0.2) is 23.2 Å². The predicted octanol–water partition coefficient (Wildman–Crippen LogP) is -0.579. The summed E-state index contributed by atoms with van der Waals surface area (Å²) < 4.78 is 0. The number of nitriles is 1. The van der Waals surface area contributed by atoms with E-state index in [1.54, 1.807) is 6.07 Å². The fourth-order valence-corrected chi connectivity index (χ4v) is 0.830. The van der Waals surface area contributed by atoms with Gasteiger partial charge in [-0.25, -0.2) is 0 Å². The zero-order valence-electron chi connectivity index (χ0n) is 6.79. The number of carbonyl (C=O) groups is 1. The molecule has 0 radical (unpaired) electrons. The molecule has 0 saturated carbocycles. The van der Waals surface area contributed by atoms with Crippen molar-refractivity contribution >= 4 is 5.97 Å². The molecule has 0 unspecified atom stereocenters. The van der Waals surface area contributed by atoms with Crippen molar-refractivity contribution in [2.75, 3.05) is 6.54 Å². The summed E-state index contributed by atoms with van der Waals surface area (Å²) in [6.07, 6.45) is 0.583. The summed E-state index contributed by atoms with van der Waals surface area (Å²) >= 11 is 0. The van der Waals surface area contributed by atoms with Gasteiger partial charge in [-0.3, -0.25) is 4.79 Å². The molecule has 1 atom stereocenters. The Kier molecular flexibility index (Phi) is 4.26. The number of rotatable bonds is 5. The molecule has 0 amide bonds. The van der Waals surface area contributed by atoms with E-state index >= 15 is 0 Å². The highest BCUT2D eigenvalue weighted by Gasteiger charge is 2.32. The summed E-state index contributed by atoms with van der Waals surface area (Å²) in [5, 5.41) is 17.0. The second-order valence-electron chi connectivity index (χ2n) is 2.69. The molecule has 0 aliphatic heterocycles. The molecule has 0 heterocycles. The monoisotopic (exact) mass is 171 g/mol. The average molecular weight is 171 g/mol. The summed E-state index contributed by atoms with van der Waals surface area (Å²) in [7, 11) is 0. The zero-order chi connectivity index (χ0) is 9.61. The highest BCUT2D eigenvalue weighted by atomic mass is 16.4. The topological polar surface area (TPSA) is 113 Å². The summed E-state index contributed by atoms with van der Waals surface area (Å²) in [6, 6.07) is 1.75. The molecular formula is C7H13N3O2. The van der Waals surface area contributed by atoms with Crippen molar-refractivity contribution in [3.63, 3.8) is 0 Å². The normalized spacial score (nSPS) is 14.8. The van der Waals surface area contributed by atoms with Crippen LogP contribution in [-0.2, 0) is 4.79 Å². The SMILES string of the molecule is N#CC[C@@](N)(CCCN)C(=O)O. The number of aliphatic carboxylic acids is 1. The van der Waals surface area contributed by atoms with Crippen LogP contribution < -0.4 is 11.5 Å². The van der Waals surface area contributed by atoms with Gasteiger partial charge in [0.25, 0.3) is 0 Å². The molecule has 0 spiro atoms. The molecule has 5 heteroatoms. The molecule has 0 aromatic carbocycles. The van der Waals surface area contributed by atoms with Crippen LogP contribution in [0.2, 0.25) is 0 Å². The van der Waals surface area contributed by atoms with Crippen molar-refractivity contribution in [3.05, 3.63) is 0 Å². The largest absolute Gasteiger partial charge is 0.480 e. The first-order valence-electron chi connectivity index (χ1n) is 3.66. The van der Waals surface area contributed by atoms with E-state index in [1.165, 1.54) is 0 Å².